The van der Waals surface area contributed by atoms with E-state index in [-0.39, 0.29) is 56.0 Å². The number of aromatic nitrogens is 1. The van der Waals surface area contributed by atoms with Crippen molar-refractivity contribution in [1.82, 2.24) is 5.16 Å². The lowest BCUT2D eigenvalue weighted by Crippen LogP contribution is -2.15. The van der Waals surface area contributed by atoms with Crippen LogP contribution in [0.5, 0.6) is 5.75 Å². The lowest BCUT2D eigenvalue weighted by molar-refractivity contribution is -0.137. The summed E-state index contributed by atoms with van der Waals surface area (Å²) >= 11 is 0. The van der Waals surface area contributed by atoms with Gasteiger partial charge < -0.3 is 24.4 Å². The smallest absolute Gasteiger partial charge is 0.417 e. The highest BCUT2D eigenvalue weighted by atomic mass is 19.4. The Kier molecular flexibility index (Phi) is 7.31. The zero-order chi connectivity index (χ0) is 29.2. The molecule has 1 heterocycles. The number of carbonyl (C=O) groups excluding carboxylic acids is 2. The monoisotopic (exact) mass is 554 g/mol. The number of aromatic carboxylic acids is 1. The molecule has 0 aliphatic carbocycles. The summed E-state index contributed by atoms with van der Waals surface area (Å²) in [6.45, 7) is 0. The molecule has 0 spiro atoms. The number of carboxylic acids is 1. The maximum absolute atomic E-state index is 14.0. The molecule has 4 rings (SSSR count). The largest absolute Gasteiger partial charge is 0.496 e. The van der Waals surface area contributed by atoms with Crippen molar-refractivity contribution < 1.29 is 46.7 Å². The molecule has 0 bridgehead atoms. The van der Waals surface area contributed by atoms with Gasteiger partial charge in [-0.1, -0.05) is 11.2 Å². The van der Waals surface area contributed by atoms with Crippen LogP contribution in [-0.4, -0.2) is 42.5 Å². The molecular formula is C26H17F3N4O7. The lowest BCUT2D eigenvalue weighted by atomic mass is 9.96. The molecule has 2 amide bonds. The number of carbonyl (C=O) groups is 3. The van der Waals surface area contributed by atoms with Crippen LogP contribution in [-0.2, 0) is 10.9 Å². The quantitative estimate of drug-likeness (QED) is 0.278. The molecule has 40 heavy (non-hydrogen) atoms. The zero-order valence-corrected chi connectivity index (χ0v) is 20.5. The average molecular weight is 554 g/mol. The van der Waals surface area contributed by atoms with Gasteiger partial charge in [0.25, 0.3) is 5.91 Å². The fraction of sp³-hybridized carbons (Fsp3) is 0.115. The van der Waals surface area contributed by atoms with Gasteiger partial charge in [0.05, 0.1) is 48.1 Å². The second-order valence-electron chi connectivity index (χ2n) is 8.09. The van der Waals surface area contributed by atoms with Crippen molar-refractivity contribution in [3.8, 4) is 22.9 Å². The van der Waals surface area contributed by atoms with Crippen molar-refractivity contribution in [2.24, 2.45) is 0 Å². The Balaban J connectivity index is 1.77. The van der Waals surface area contributed by atoms with Crippen molar-refractivity contribution in [2.75, 3.05) is 24.9 Å². The first kappa shape index (κ1) is 27.5. The molecule has 3 N–H and O–H groups in total. The summed E-state index contributed by atoms with van der Waals surface area (Å²) in [6, 6.07) is 11.0. The summed E-state index contributed by atoms with van der Waals surface area (Å²) in [6.07, 6.45) is -5.79. The van der Waals surface area contributed by atoms with E-state index >= 15 is 0 Å². The van der Waals surface area contributed by atoms with E-state index in [9.17, 15) is 32.7 Å². The molecule has 0 aliphatic rings. The standard InChI is InChI=1S/C26H17F3N4O7/c1-38-20-10-17-21(9-15(20)14-5-4-13(31-25(37)39-2)8-18(14)26(27,28)29)40-33-22(17)23(34)32-19-6-3-12(11-30)7-16(19)24(35)36/h3-10H,1-2H3,(H,31,37)(H,32,34)(H,35,36). The van der Waals surface area contributed by atoms with Gasteiger partial charge in [0.2, 0.25) is 0 Å². The van der Waals surface area contributed by atoms with Crippen LogP contribution in [0.2, 0.25) is 0 Å². The summed E-state index contributed by atoms with van der Waals surface area (Å²) in [5, 5.41) is 26.8. The number of carboxylic acid groups (broad SMARTS) is 1. The topological polar surface area (TPSA) is 164 Å². The minimum absolute atomic E-state index is 0.0460. The number of hydrogen-bond acceptors (Lipinski definition) is 8. The summed E-state index contributed by atoms with van der Waals surface area (Å²) in [7, 11) is 2.28. The van der Waals surface area contributed by atoms with Crippen molar-refractivity contribution in [1.29, 1.82) is 5.26 Å². The lowest BCUT2D eigenvalue weighted by Gasteiger charge is -2.17. The minimum atomic E-state index is -4.83. The van der Waals surface area contributed by atoms with E-state index in [0.29, 0.717) is 0 Å². The number of hydrogen-bond donors (Lipinski definition) is 3. The number of anilines is 2. The predicted molar refractivity (Wildman–Crippen MR) is 133 cm³/mol. The van der Waals surface area contributed by atoms with Gasteiger partial charge in [0, 0.05) is 11.3 Å². The molecule has 3 aromatic carbocycles. The van der Waals surface area contributed by atoms with Gasteiger partial charge in [-0.3, -0.25) is 10.1 Å². The first-order chi connectivity index (χ1) is 19.0. The van der Waals surface area contributed by atoms with Gasteiger partial charge in [-0.2, -0.15) is 18.4 Å². The molecule has 204 valence electrons. The Labute approximate surface area is 222 Å². The molecule has 11 nitrogen and oxygen atoms in total. The third-order valence-corrected chi connectivity index (χ3v) is 5.68. The second-order valence-corrected chi connectivity index (χ2v) is 8.09. The van der Waals surface area contributed by atoms with Crippen LogP contribution in [0.1, 0.15) is 32.0 Å². The van der Waals surface area contributed by atoms with Crippen molar-refractivity contribution >= 4 is 40.3 Å². The van der Waals surface area contributed by atoms with Crippen molar-refractivity contribution in [2.45, 2.75) is 6.18 Å². The first-order valence-electron chi connectivity index (χ1n) is 11.1. The number of ether oxygens (including phenoxy) is 2. The van der Waals surface area contributed by atoms with Gasteiger partial charge in [0.1, 0.15) is 5.75 Å². The highest BCUT2D eigenvalue weighted by Gasteiger charge is 2.35. The van der Waals surface area contributed by atoms with Crippen LogP contribution in [0.4, 0.5) is 29.3 Å². The molecule has 0 atom stereocenters. The summed E-state index contributed by atoms with van der Waals surface area (Å²) in [4.78, 5) is 36.0. The number of benzene rings is 3. The third-order valence-electron chi connectivity index (χ3n) is 5.68. The second kappa shape index (κ2) is 10.7. The molecule has 14 heteroatoms. The van der Waals surface area contributed by atoms with E-state index in [0.717, 1.165) is 25.3 Å². The van der Waals surface area contributed by atoms with E-state index in [2.05, 4.69) is 20.5 Å². The molecule has 0 aliphatic heterocycles. The van der Waals surface area contributed by atoms with E-state index in [1.165, 1.54) is 37.4 Å². The number of nitriles is 1. The molecule has 0 fully saturated rings. The molecule has 0 unspecified atom stereocenters. The minimum Gasteiger partial charge on any atom is -0.496 e. The number of rotatable bonds is 6. The van der Waals surface area contributed by atoms with Crippen molar-refractivity contribution in [3.05, 3.63) is 70.9 Å². The fourth-order valence-corrected chi connectivity index (χ4v) is 3.85. The van der Waals surface area contributed by atoms with Crippen LogP contribution in [0.3, 0.4) is 0 Å². The first-order valence-corrected chi connectivity index (χ1v) is 11.1. The summed E-state index contributed by atoms with van der Waals surface area (Å²) in [5.41, 5.74) is -2.38. The van der Waals surface area contributed by atoms with Crippen LogP contribution in [0.15, 0.2) is 53.1 Å². The number of halogens is 3. The van der Waals surface area contributed by atoms with Crippen LogP contribution in [0.25, 0.3) is 22.1 Å². The van der Waals surface area contributed by atoms with Crippen molar-refractivity contribution in [3.63, 3.8) is 0 Å². The summed E-state index contributed by atoms with van der Waals surface area (Å²) < 4.78 is 57.0. The van der Waals surface area contributed by atoms with E-state index in [1.807, 2.05) is 0 Å². The predicted octanol–water partition coefficient (Wildman–Crippen LogP) is 5.52. The van der Waals surface area contributed by atoms with Gasteiger partial charge in [-0.25, -0.2) is 9.59 Å². The Morgan fingerprint density at radius 3 is 2.40 bits per heavy atom. The highest BCUT2D eigenvalue weighted by Crippen LogP contribution is 2.43. The number of alkyl halides is 3. The molecule has 0 saturated carbocycles. The summed E-state index contributed by atoms with van der Waals surface area (Å²) in [5.74, 6) is -2.33. The number of nitrogens with one attached hydrogen (secondary N) is 2. The highest BCUT2D eigenvalue weighted by molar-refractivity contribution is 6.13. The number of nitrogens with zero attached hydrogens (tertiary/aromatic N) is 2. The molecule has 4 aromatic rings. The van der Waals surface area contributed by atoms with Gasteiger partial charge in [-0.15, -0.1) is 0 Å². The average Bonchev–Trinajstić information content (AvgIpc) is 3.34. The molecule has 1 aromatic heterocycles. The normalized spacial score (nSPS) is 11.0. The van der Waals surface area contributed by atoms with Gasteiger partial charge >= 0.3 is 18.2 Å². The Morgan fingerprint density at radius 2 is 1.77 bits per heavy atom. The van der Waals surface area contributed by atoms with Crippen LogP contribution in [0, 0.1) is 11.3 Å². The fourth-order valence-electron chi connectivity index (χ4n) is 3.85. The maximum atomic E-state index is 14.0. The van der Waals surface area contributed by atoms with E-state index < -0.39 is 29.7 Å². The Bertz CT molecular complexity index is 1710. The maximum Gasteiger partial charge on any atom is 0.417 e. The van der Waals surface area contributed by atoms with Gasteiger partial charge in [0.15, 0.2) is 11.3 Å². The van der Waals surface area contributed by atoms with E-state index in [1.54, 1.807) is 6.07 Å². The van der Waals surface area contributed by atoms with Crippen LogP contribution >= 0.6 is 0 Å². The zero-order valence-electron chi connectivity index (χ0n) is 20.5. The SMILES string of the molecule is COC(=O)Nc1ccc(-c2cc3onc(C(=O)Nc4ccc(C#N)cc4C(=O)O)c3cc2OC)c(C(F)(F)F)c1. The number of amides is 2. The molecule has 0 radical (unpaired) electrons. The third kappa shape index (κ3) is 5.34. The molecular weight excluding hydrogens is 537 g/mol. The van der Waals surface area contributed by atoms with Gasteiger partial charge in [-0.05, 0) is 48.0 Å². The number of methoxy groups -OCH3 is 2. The Hall–Kier alpha value is -5.58. The molecule has 0 saturated heterocycles. The van der Waals surface area contributed by atoms with E-state index in [4.69, 9.17) is 14.5 Å². The van der Waals surface area contributed by atoms with Crippen LogP contribution < -0.4 is 15.4 Å². The number of fused-ring (bicyclic) bond motifs is 1. The Morgan fingerprint density at radius 1 is 1.02 bits per heavy atom.